The minimum absolute atomic E-state index is 0.630. The molecule has 1 nitrogen and oxygen atoms in total. The number of halogens is 1. The Morgan fingerprint density at radius 3 is 2.13 bits per heavy atom. The highest BCUT2D eigenvalue weighted by atomic mass is 35.5. The van der Waals surface area contributed by atoms with Crippen LogP contribution in [0.25, 0.3) is 16.0 Å². The van der Waals surface area contributed by atoms with Crippen molar-refractivity contribution in [2.24, 2.45) is 0 Å². The molecule has 0 saturated heterocycles. The Kier molecular flexibility index (Phi) is 2.71. The van der Waals surface area contributed by atoms with Gasteiger partial charge in [0.1, 0.15) is 0 Å². The Morgan fingerprint density at radius 2 is 1.47 bits per heavy atom. The predicted octanol–water partition coefficient (Wildman–Crippen LogP) is 4.56. The van der Waals surface area contributed by atoms with E-state index < -0.39 is 0 Å². The van der Waals surface area contributed by atoms with Crippen LogP contribution < -0.4 is 0 Å². The molecular formula is C13H8ClN. The molecule has 2 rings (SSSR count). The van der Waals surface area contributed by atoms with E-state index in [1.807, 2.05) is 42.5 Å². The lowest BCUT2D eigenvalue weighted by atomic mass is 10.0. The van der Waals surface area contributed by atoms with Gasteiger partial charge in [-0.15, -0.1) is 0 Å². The van der Waals surface area contributed by atoms with Crippen LogP contribution >= 0.6 is 11.6 Å². The molecule has 2 aromatic carbocycles. The summed E-state index contributed by atoms with van der Waals surface area (Å²) in [4.78, 5) is 3.48. The molecule has 0 heterocycles. The van der Waals surface area contributed by atoms with E-state index in [9.17, 15) is 0 Å². The molecule has 15 heavy (non-hydrogen) atoms. The highest BCUT2D eigenvalue weighted by Gasteiger charge is 2.06. The van der Waals surface area contributed by atoms with Crippen LogP contribution in [0.15, 0.2) is 48.5 Å². The van der Waals surface area contributed by atoms with Gasteiger partial charge in [0, 0.05) is 5.02 Å². The number of para-hydroxylation sites is 1. The first-order chi connectivity index (χ1) is 7.33. The maximum atomic E-state index is 7.09. The zero-order valence-electron chi connectivity index (χ0n) is 7.94. The number of rotatable bonds is 1. The van der Waals surface area contributed by atoms with Gasteiger partial charge in [0.15, 0.2) is 5.69 Å². The van der Waals surface area contributed by atoms with Crippen molar-refractivity contribution in [3.8, 4) is 11.1 Å². The third-order valence-electron chi connectivity index (χ3n) is 2.19. The molecule has 2 aromatic rings. The molecule has 0 atom stereocenters. The fourth-order valence-corrected chi connectivity index (χ4v) is 1.72. The second kappa shape index (κ2) is 4.16. The smallest absolute Gasteiger partial charge is 0.194 e. The number of benzene rings is 2. The first-order valence-electron chi connectivity index (χ1n) is 4.54. The second-order valence-electron chi connectivity index (χ2n) is 3.11. The summed E-state index contributed by atoms with van der Waals surface area (Å²) < 4.78 is 0. The van der Waals surface area contributed by atoms with Crippen molar-refractivity contribution in [2.45, 2.75) is 0 Å². The minimum atomic E-state index is 0.630. The summed E-state index contributed by atoms with van der Waals surface area (Å²) >= 11 is 6.08. The van der Waals surface area contributed by atoms with Crippen molar-refractivity contribution < 1.29 is 0 Å². The van der Waals surface area contributed by atoms with Crippen LogP contribution in [0.2, 0.25) is 5.02 Å². The lowest BCUT2D eigenvalue weighted by Crippen LogP contribution is -1.78. The first-order valence-corrected chi connectivity index (χ1v) is 4.92. The average molecular weight is 214 g/mol. The van der Waals surface area contributed by atoms with Gasteiger partial charge in [0.25, 0.3) is 0 Å². The van der Waals surface area contributed by atoms with E-state index in [4.69, 9.17) is 18.2 Å². The van der Waals surface area contributed by atoms with E-state index in [2.05, 4.69) is 4.85 Å². The molecule has 0 radical (unpaired) electrons. The lowest BCUT2D eigenvalue weighted by molar-refractivity contribution is 1.62. The van der Waals surface area contributed by atoms with Gasteiger partial charge in [0.2, 0.25) is 0 Å². The molecular weight excluding hydrogens is 206 g/mol. The molecule has 0 aliphatic carbocycles. The van der Waals surface area contributed by atoms with Crippen molar-refractivity contribution in [3.63, 3.8) is 0 Å². The van der Waals surface area contributed by atoms with Gasteiger partial charge < -0.3 is 0 Å². The Balaban J connectivity index is 2.65. The molecule has 0 saturated carbocycles. The minimum Gasteiger partial charge on any atom is -0.238 e. The fourth-order valence-electron chi connectivity index (χ4n) is 1.48. The van der Waals surface area contributed by atoms with E-state index in [1.165, 1.54) is 0 Å². The largest absolute Gasteiger partial charge is 0.238 e. The van der Waals surface area contributed by atoms with Gasteiger partial charge >= 0.3 is 0 Å². The van der Waals surface area contributed by atoms with Crippen LogP contribution in [0, 0.1) is 6.57 Å². The molecule has 0 bridgehead atoms. The molecule has 0 amide bonds. The Labute approximate surface area is 93.8 Å². The highest BCUT2D eigenvalue weighted by molar-refractivity contribution is 6.33. The summed E-state index contributed by atoms with van der Waals surface area (Å²) in [7, 11) is 0. The molecule has 0 spiro atoms. The Morgan fingerprint density at radius 1 is 0.867 bits per heavy atom. The van der Waals surface area contributed by atoms with Crippen LogP contribution in [-0.2, 0) is 0 Å². The quantitative estimate of drug-likeness (QED) is 0.612. The van der Waals surface area contributed by atoms with E-state index in [0.717, 1.165) is 11.1 Å². The molecule has 0 aliphatic rings. The normalized spacial score (nSPS) is 9.60. The van der Waals surface area contributed by atoms with Crippen LogP contribution in [0.4, 0.5) is 5.69 Å². The van der Waals surface area contributed by atoms with Crippen LogP contribution in [0.3, 0.4) is 0 Å². The zero-order chi connectivity index (χ0) is 10.7. The van der Waals surface area contributed by atoms with Gasteiger partial charge in [0.05, 0.1) is 6.57 Å². The maximum Gasteiger partial charge on any atom is 0.194 e. The van der Waals surface area contributed by atoms with Crippen molar-refractivity contribution in [1.82, 2.24) is 0 Å². The van der Waals surface area contributed by atoms with E-state index >= 15 is 0 Å². The summed E-state index contributed by atoms with van der Waals surface area (Å²) in [6.07, 6.45) is 0. The van der Waals surface area contributed by atoms with Gasteiger partial charge in [-0.1, -0.05) is 54.1 Å². The van der Waals surface area contributed by atoms with Crippen molar-refractivity contribution in [2.75, 3.05) is 0 Å². The maximum absolute atomic E-state index is 7.09. The van der Waals surface area contributed by atoms with Gasteiger partial charge in [-0.2, -0.15) is 0 Å². The Hall–Kier alpha value is -1.78. The molecule has 0 aliphatic heterocycles. The number of hydrogen-bond donors (Lipinski definition) is 0. The first kappa shape index (κ1) is 9.76. The summed E-state index contributed by atoms with van der Waals surface area (Å²) in [6, 6.07) is 15.0. The highest BCUT2D eigenvalue weighted by Crippen LogP contribution is 2.34. The molecule has 0 fully saturated rings. The molecule has 0 aromatic heterocycles. The Bertz CT molecular complexity index is 526. The molecule has 0 unspecified atom stereocenters. The summed E-state index contributed by atoms with van der Waals surface area (Å²) in [5.41, 5.74) is 2.43. The lowest BCUT2D eigenvalue weighted by Gasteiger charge is -2.05. The van der Waals surface area contributed by atoms with E-state index in [1.54, 1.807) is 6.07 Å². The van der Waals surface area contributed by atoms with Gasteiger partial charge in [-0.05, 0) is 17.2 Å². The van der Waals surface area contributed by atoms with Crippen molar-refractivity contribution >= 4 is 17.3 Å². The SMILES string of the molecule is [C-]#[N+]c1ccccc1-c1ccccc1Cl. The summed E-state index contributed by atoms with van der Waals surface area (Å²) in [6.45, 7) is 7.09. The third kappa shape index (κ3) is 1.86. The van der Waals surface area contributed by atoms with E-state index in [0.29, 0.717) is 10.7 Å². The van der Waals surface area contributed by atoms with Gasteiger partial charge in [-0.25, -0.2) is 4.85 Å². The number of nitrogens with zero attached hydrogens (tertiary/aromatic N) is 1. The van der Waals surface area contributed by atoms with Crippen LogP contribution in [0.1, 0.15) is 0 Å². The predicted molar refractivity (Wildman–Crippen MR) is 63.2 cm³/mol. The van der Waals surface area contributed by atoms with Crippen molar-refractivity contribution in [1.29, 1.82) is 0 Å². The summed E-state index contributed by atoms with van der Waals surface area (Å²) in [5.74, 6) is 0. The summed E-state index contributed by atoms with van der Waals surface area (Å²) in [5, 5.41) is 0.675. The van der Waals surface area contributed by atoms with E-state index in [-0.39, 0.29) is 0 Å². The average Bonchev–Trinajstić information content (AvgIpc) is 2.30. The monoisotopic (exact) mass is 213 g/mol. The van der Waals surface area contributed by atoms with Crippen LogP contribution in [0.5, 0.6) is 0 Å². The fraction of sp³-hybridized carbons (Fsp3) is 0. The molecule has 2 heteroatoms. The van der Waals surface area contributed by atoms with Gasteiger partial charge in [-0.3, -0.25) is 0 Å². The number of hydrogen-bond acceptors (Lipinski definition) is 0. The second-order valence-corrected chi connectivity index (χ2v) is 3.52. The topological polar surface area (TPSA) is 4.36 Å². The van der Waals surface area contributed by atoms with Crippen LogP contribution in [-0.4, -0.2) is 0 Å². The molecule has 72 valence electrons. The zero-order valence-corrected chi connectivity index (χ0v) is 8.70. The molecule has 0 N–H and O–H groups in total. The van der Waals surface area contributed by atoms with Crippen molar-refractivity contribution in [3.05, 3.63) is 65.0 Å². The standard InChI is InChI=1S/C13H8ClN/c1-15-13-9-5-3-7-11(13)10-6-2-4-8-12(10)14/h2-9H. The third-order valence-corrected chi connectivity index (χ3v) is 2.52.